The summed E-state index contributed by atoms with van der Waals surface area (Å²) in [6.07, 6.45) is 0.962. The van der Waals surface area contributed by atoms with Gasteiger partial charge in [-0.1, -0.05) is 6.92 Å². The number of nitrogens with one attached hydrogen (secondary N) is 1. The number of hydrogen-bond donors (Lipinski definition) is 1. The number of benzene rings is 2. The molecule has 2 aromatic rings. The van der Waals surface area contributed by atoms with E-state index in [1.165, 1.54) is 0 Å². The first-order chi connectivity index (χ1) is 12.0. The fourth-order valence-corrected chi connectivity index (χ4v) is 3.71. The maximum Gasteiger partial charge on any atom is 0.338 e. The van der Waals surface area contributed by atoms with Gasteiger partial charge < -0.3 is 14.8 Å². The minimum atomic E-state index is -0.301. The van der Waals surface area contributed by atoms with E-state index >= 15 is 0 Å². The highest BCUT2D eigenvalue weighted by molar-refractivity contribution is 9.11. The predicted octanol–water partition coefficient (Wildman–Crippen LogP) is 5.79. The Morgan fingerprint density at radius 3 is 2.28 bits per heavy atom. The van der Waals surface area contributed by atoms with Crippen LogP contribution < -0.4 is 10.1 Å². The Morgan fingerprint density at radius 1 is 1.08 bits per heavy atom. The molecule has 0 saturated carbocycles. The molecule has 0 radical (unpaired) electrons. The summed E-state index contributed by atoms with van der Waals surface area (Å²) in [5.41, 5.74) is 2.60. The Balaban J connectivity index is 2.00. The van der Waals surface area contributed by atoms with Gasteiger partial charge in [-0.05, 0) is 87.2 Å². The summed E-state index contributed by atoms with van der Waals surface area (Å²) in [4.78, 5) is 11.7. The van der Waals surface area contributed by atoms with Gasteiger partial charge in [-0.15, -0.1) is 0 Å². The van der Waals surface area contributed by atoms with Crippen molar-refractivity contribution in [2.45, 2.75) is 26.8 Å². The highest BCUT2D eigenvalue weighted by atomic mass is 79.9. The SMILES string of the molecule is CCCOc1c(Br)cc(CNc2ccc(C(=O)OCC)cc2)cc1Br. The van der Waals surface area contributed by atoms with E-state index in [1.54, 1.807) is 19.1 Å². The maximum absolute atomic E-state index is 11.7. The lowest BCUT2D eigenvalue weighted by atomic mass is 10.2. The van der Waals surface area contributed by atoms with Crippen LogP contribution in [0.5, 0.6) is 5.75 Å². The zero-order chi connectivity index (χ0) is 18.2. The molecular formula is C19H21Br2NO3. The van der Waals surface area contributed by atoms with Crippen LogP contribution in [0, 0.1) is 0 Å². The third-order valence-corrected chi connectivity index (χ3v) is 4.58. The second kappa shape index (κ2) is 9.82. The topological polar surface area (TPSA) is 47.6 Å². The van der Waals surface area contributed by atoms with Crippen molar-refractivity contribution in [1.29, 1.82) is 0 Å². The summed E-state index contributed by atoms with van der Waals surface area (Å²) in [5.74, 6) is 0.522. The highest BCUT2D eigenvalue weighted by Crippen LogP contribution is 2.35. The first kappa shape index (κ1) is 19.8. The van der Waals surface area contributed by atoms with Crippen molar-refractivity contribution in [1.82, 2.24) is 0 Å². The largest absolute Gasteiger partial charge is 0.491 e. The lowest BCUT2D eigenvalue weighted by Crippen LogP contribution is -2.05. The van der Waals surface area contributed by atoms with Crippen molar-refractivity contribution in [3.05, 3.63) is 56.5 Å². The molecule has 0 amide bonds. The van der Waals surface area contributed by atoms with Gasteiger partial charge in [0.1, 0.15) is 5.75 Å². The molecule has 0 aliphatic carbocycles. The Hall–Kier alpha value is -1.53. The van der Waals surface area contributed by atoms with Gasteiger partial charge in [-0.2, -0.15) is 0 Å². The van der Waals surface area contributed by atoms with Gasteiger partial charge in [0.25, 0.3) is 0 Å². The number of carbonyl (C=O) groups is 1. The third-order valence-electron chi connectivity index (χ3n) is 3.40. The Kier molecular flexibility index (Phi) is 7.78. The van der Waals surface area contributed by atoms with Crippen molar-refractivity contribution < 1.29 is 14.3 Å². The summed E-state index contributed by atoms with van der Waals surface area (Å²) in [6, 6.07) is 11.3. The van der Waals surface area contributed by atoms with Crippen LogP contribution in [-0.2, 0) is 11.3 Å². The van der Waals surface area contributed by atoms with Crippen molar-refractivity contribution in [2.24, 2.45) is 0 Å². The second-order valence-corrected chi connectivity index (χ2v) is 7.10. The summed E-state index contributed by atoms with van der Waals surface area (Å²) in [6.45, 7) is 5.59. The summed E-state index contributed by atoms with van der Waals surface area (Å²) in [7, 11) is 0. The van der Waals surface area contributed by atoms with Crippen LogP contribution in [0.4, 0.5) is 5.69 Å². The molecule has 0 spiro atoms. The van der Waals surface area contributed by atoms with Gasteiger partial charge in [-0.3, -0.25) is 0 Å². The van der Waals surface area contributed by atoms with Gasteiger partial charge in [0.15, 0.2) is 0 Å². The molecule has 0 aliphatic heterocycles. The number of rotatable bonds is 8. The number of halogens is 2. The number of anilines is 1. The Morgan fingerprint density at radius 2 is 1.72 bits per heavy atom. The smallest absolute Gasteiger partial charge is 0.338 e. The van der Waals surface area contributed by atoms with Crippen LogP contribution in [0.25, 0.3) is 0 Å². The van der Waals surface area contributed by atoms with Crippen molar-refractivity contribution in [3.63, 3.8) is 0 Å². The predicted molar refractivity (Wildman–Crippen MR) is 107 cm³/mol. The molecule has 4 nitrogen and oxygen atoms in total. The van der Waals surface area contributed by atoms with Gasteiger partial charge >= 0.3 is 5.97 Å². The van der Waals surface area contributed by atoms with Crippen LogP contribution in [0.1, 0.15) is 36.2 Å². The standard InChI is InChI=1S/C19H21Br2NO3/c1-3-9-25-18-16(20)10-13(11-17(18)21)12-22-15-7-5-14(6-8-15)19(23)24-4-2/h5-8,10-11,22H,3-4,9,12H2,1-2H3. The molecule has 0 aromatic heterocycles. The summed E-state index contributed by atoms with van der Waals surface area (Å²) < 4.78 is 12.6. The molecule has 6 heteroatoms. The van der Waals surface area contributed by atoms with Crippen molar-refractivity contribution in [2.75, 3.05) is 18.5 Å². The number of carbonyl (C=O) groups excluding carboxylic acids is 1. The molecule has 0 saturated heterocycles. The molecule has 0 aliphatic rings. The van der Waals surface area contributed by atoms with E-state index in [2.05, 4.69) is 44.1 Å². The molecule has 2 rings (SSSR count). The first-order valence-electron chi connectivity index (χ1n) is 8.17. The van der Waals surface area contributed by atoms with E-state index in [1.807, 2.05) is 24.3 Å². The van der Waals surface area contributed by atoms with Crippen LogP contribution in [0.2, 0.25) is 0 Å². The van der Waals surface area contributed by atoms with Crippen LogP contribution >= 0.6 is 31.9 Å². The summed E-state index contributed by atoms with van der Waals surface area (Å²) in [5, 5.41) is 3.34. The molecule has 0 unspecified atom stereocenters. The molecule has 134 valence electrons. The van der Waals surface area contributed by atoms with Gasteiger partial charge in [-0.25, -0.2) is 4.79 Å². The van der Waals surface area contributed by atoms with Gasteiger partial charge in [0.05, 0.1) is 27.7 Å². The Labute approximate surface area is 165 Å². The molecular weight excluding hydrogens is 450 g/mol. The lowest BCUT2D eigenvalue weighted by Gasteiger charge is -2.13. The summed E-state index contributed by atoms with van der Waals surface area (Å²) >= 11 is 7.12. The van der Waals surface area contributed by atoms with E-state index in [0.717, 1.165) is 32.4 Å². The van der Waals surface area contributed by atoms with Crippen LogP contribution in [-0.4, -0.2) is 19.2 Å². The minimum Gasteiger partial charge on any atom is -0.491 e. The van der Waals surface area contributed by atoms with Crippen molar-refractivity contribution in [3.8, 4) is 5.75 Å². The first-order valence-corrected chi connectivity index (χ1v) is 9.75. The molecule has 0 bridgehead atoms. The quantitative estimate of drug-likeness (QED) is 0.496. The normalized spacial score (nSPS) is 10.4. The highest BCUT2D eigenvalue weighted by Gasteiger charge is 2.09. The fourth-order valence-electron chi connectivity index (χ4n) is 2.20. The molecule has 2 aromatic carbocycles. The zero-order valence-corrected chi connectivity index (χ0v) is 17.4. The molecule has 25 heavy (non-hydrogen) atoms. The van der Waals surface area contributed by atoms with Crippen molar-refractivity contribution >= 4 is 43.5 Å². The second-order valence-electron chi connectivity index (χ2n) is 5.39. The van der Waals surface area contributed by atoms with E-state index in [0.29, 0.717) is 25.3 Å². The third kappa shape index (κ3) is 5.75. The fraction of sp³-hybridized carbons (Fsp3) is 0.316. The number of ether oxygens (including phenoxy) is 2. The van der Waals surface area contributed by atoms with E-state index in [9.17, 15) is 4.79 Å². The maximum atomic E-state index is 11.7. The van der Waals surface area contributed by atoms with E-state index < -0.39 is 0 Å². The van der Waals surface area contributed by atoms with E-state index in [4.69, 9.17) is 9.47 Å². The van der Waals surface area contributed by atoms with Crippen LogP contribution in [0.3, 0.4) is 0 Å². The van der Waals surface area contributed by atoms with E-state index in [-0.39, 0.29) is 5.97 Å². The average Bonchev–Trinajstić information content (AvgIpc) is 2.60. The molecule has 1 N–H and O–H groups in total. The number of esters is 1. The van der Waals surface area contributed by atoms with Crippen LogP contribution in [0.15, 0.2) is 45.3 Å². The monoisotopic (exact) mass is 469 g/mol. The molecule has 0 heterocycles. The van der Waals surface area contributed by atoms with Gasteiger partial charge in [0.2, 0.25) is 0 Å². The lowest BCUT2D eigenvalue weighted by molar-refractivity contribution is 0.0526. The molecule has 0 fully saturated rings. The average molecular weight is 471 g/mol. The van der Waals surface area contributed by atoms with Gasteiger partial charge in [0, 0.05) is 12.2 Å². The number of hydrogen-bond acceptors (Lipinski definition) is 4. The zero-order valence-electron chi connectivity index (χ0n) is 14.3. The Bertz CT molecular complexity index is 694. The minimum absolute atomic E-state index is 0.301. The molecule has 0 atom stereocenters.